The van der Waals surface area contributed by atoms with Gasteiger partial charge in [0.15, 0.2) is 0 Å². The number of aryl methyl sites for hydroxylation is 1. The fourth-order valence-electron chi connectivity index (χ4n) is 3.73. The fourth-order valence-corrected chi connectivity index (χ4v) is 4.33. The van der Waals surface area contributed by atoms with Crippen molar-refractivity contribution in [3.05, 3.63) is 58.3 Å². The van der Waals surface area contributed by atoms with Gasteiger partial charge in [0.2, 0.25) is 0 Å². The van der Waals surface area contributed by atoms with Gasteiger partial charge in [0.1, 0.15) is 15.8 Å². The summed E-state index contributed by atoms with van der Waals surface area (Å²) in [5.74, 6) is -1.28. The van der Waals surface area contributed by atoms with Crippen molar-refractivity contribution in [1.82, 2.24) is 9.78 Å². The molecule has 0 aliphatic rings. The Balaban J connectivity index is 0. The molecule has 0 fully saturated rings. The molecule has 3 rings (SSSR count). The number of unbranched alkanes of at least 4 members (excludes halogenated alkanes) is 1. The number of non-ortho nitro benzene ring substituents is 1. The maximum atomic E-state index is 12.5. The zero-order valence-electron chi connectivity index (χ0n) is 25.6. The van der Waals surface area contributed by atoms with E-state index in [4.69, 9.17) is 10.5 Å². The van der Waals surface area contributed by atoms with Gasteiger partial charge in [-0.15, -0.1) is 5.11 Å². The zero-order chi connectivity index (χ0) is 31.3. The molecule has 1 heterocycles. The molecule has 0 amide bonds. The molecule has 15 nitrogen and oxygen atoms in total. The third kappa shape index (κ3) is 11.9. The first-order chi connectivity index (χ1) is 19.9. The number of aromatic nitrogens is 2. The molecule has 0 saturated carbocycles. The Morgan fingerprint density at radius 1 is 1.14 bits per heavy atom. The van der Waals surface area contributed by atoms with E-state index >= 15 is 0 Å². The van der Waals surface area contributed by atoms with Gasteiger partial charge in [0, 0.05) is 31.2 Å². The van der Waals surface area contributed by atoms with E-state index in [1.54, 1.807) is 30.3 Å². The van der Waals surface area contributed by atoms with Gasteiger partial charge in [-0.25, -0.2) is 13.1 Å². The van der Waals surface area contributed by atoms with Crippen molar-refractivity contribution in [2.75, 3.05) is 19.8 Å². The van der Waals surface area contributed by atoms with E-state index in [-0.39, 0.29) is 35.6 Å². The van der Waals surface area contributed by atoms with Crippen molar-refractivity contribution >= 4 is 27.2 Å². The summed E-state index contributed by atoms with van der Waals surface area (Å²) >= 11 is 0. The molecule has 241 valence electrons. The van der Waals surface area contributed by atoms with Gasteiger partial charge in [-0.2, -0.15) is 10.2 Å². The third-order valence-corrected chi connectivity index (χ3v) is 6.98. The number of nitro groups is 1. The molecule has 0 spiro atoms. The number of ether oxygens (including phenoxy) is 1. The molecule has 0 aliphatic carbocycles. The van der Waals surface area contributed by atoms with E-state index in [0.29, 0.717) is 17.8 Å². The third-order valence-electron chi connectivity index (χ3n) is 6.14. The van der Waals surface area contributed by atoms with Crippen LogP contribution in [0.2, 0.25) is 0 Å². The predicted octanol–water partition coefficient (Wildman–Crippen LogP) is 4.06. The van der Waals surface area contributed by atoms with Crippen LogP contribution in [0.5, 0.6) is 11.6 Å². The smallest absolute Gasteiger partial charge is 0.870 e. The van der Waals surface area contributed by atoms with Crippen molar-refractivity contribution in [2.24, 2.45) is 21.9 Å². The minimum Gasteiger partial charge on any atom is -0.870 e. The van der Waals surface area contributed by atoms with Crippen LogP contribution in [0.1, 0.15) is 53.1 Å². The number of benzene rings is 2. The van der Waals surface area contributed by atoms with E-state index in [2.05, 4.69) is 29.2 Å². The monoisotopic (exact) mass is 673 g/mol. The Bertz CT molecular complexity index is 1460. The van der Waals surface area contributed by atoms with Crippen LogP contribution >= 0.6 is 0 Å². The second kappa shape index (κ2) is 19.8. The summed E-state index contributed by atoms with van der Waals surface area (Å²) in [7, 11) is -5.29. The quantitative estimate of drug-likeness (QED) is 0.0839. The van der Waals surface area contributed by atoms with Crippen molar-refractivity contribution < 1.29 is 57.1 Å². The maximum absolute atomic E-state index is 12.5. The van der Waals surface area contributed by atoms with E-state index in [0.717, 1.165) is 36.8 Å². The van der Waals surface area contributed by atoms with E-state index in [9.17, 15) is 33.3 Å². The Morgan fingerprint density at radius 2 is 1.80 bits per heavy atom. The van der Waals surface area contributed by atoms with Crippen molar-refractivity contribution in [3.8, 4) is 17.3 Å². The predicted molar refractivity (Wildman–Crippen MR) is 153 cm³/mol. The van der Waals surface area contributed by atoms with Crippen LogP contribution in [0, 0.1) is 23.0 Å². The van der Waals surface area contributed by atoms with Crippen molar-refractivity contribution in [3.63, 3.8) is 0 Å². The Labute approximate surface area is 268 Å². The molecular weight excluding hydrogens is 636 g/mol. The molecule has 0 saturated heterocycles. The van der Waals surface area contributed by atoms with Crippen molar-refractivity contribution in [2.45, 2.75) is 57.8 Å². The summed E-state index contributed by atoms with van der Waals surface area (Å²) in [4.78, 5) is 8.63. The number of para-hydroxylation sites is 1. The SMILES string of the molecule is CCCCC(CC)COCCCN.Cc1nn(-c2ccccc2)c([O-])c1N=Nc1cc([N+](=O)[O-])cc(S(=O)(=O)[O-])c1[O-].[Cr+3].[H+].[OH-]. The van der Waals surface area contributed by atoms with Crippen LogP contribution in [0.3, 0.4) is 0 Å². The number of azo groups is 1. The molecule has 1 radical (unpaired) electrons. The Morgan fingerprint density at radius 3 is 2.34 bits per heavy atom. The van der Waals surface area contributed by atoms with Crippen LogP contribution in [0.15, 0.2) is 57.6 Å². The second-order valence-corrected chi connectivity index (χ2v) is 10.7. The van der Waals surface area contributed by atoms with Gasteiger partial charge in [0.25, 0.3) is 5.69 Å². The number of hydrogen-bond acceptors (Lipinski definition) is 13. The number of rotatable bonds is 14. The van der Waals surface area contributed by atoms with E-state index in [1.807, 2.05) is 0 Å². The Hall–Kier alpha value is -3.43. The van der Waals surface area contributed by atoms with Gasteiger partial charge in [0.05, 0.1) is 26.9 Å². The molecule has 17 heteroatoms. The molecule has 2 aromatic carbocycles. The minimum absolute atomic E-state index is 0. The summed E-state index contributed by atoms with van der Waals surface area (Å²) in [6, 6.07) is 9.36. The average Bonchev–Trinajstić information content (AvgIpc) is 3.24. The first-order valence-corrected chi connectivity index (χ1v) is 14.8. The molecule has 1 unspecified atom stereocenters. The molecule has 0 bridgehead atoms. The molecule has 3 N–H and O–H groups in total. The van der Waals surface area contributed by atoms with E-state index in [1.165, 1.54) is 32.6 Å². The average molecular weight is 674 g/mol. The largest absolute Gasteiger partial charge is 3.00 e. The second-order valence-electron chi connectivity index (χ2n) is 9.32. The first-order valence-electron chi connectivity index (χ1n) is 13.4. The van der Waals surface area contributed by atoms with Gasteiger partial charge < -0.3 is 30.7 Å². The van der Waals surface area contributed by atoms with Gasteiger partial charge in [-0.3, -0.25) is 10.1 Å². The number of nitrogens with zero attached hydrogens (tertiary/aromatic N) is 5. The maximum Gasteiger partial charge on any atom is 3.00 e. The molecular formula is C27H37CrN6O9S. The standard InChI is InChI=1S/C16H13N5O7S.C11H25NO.Cr.H2O/c1-9-14(16(23)20(19-9)10-5-3-2-4-6-10)18-17-12-7-11(21(24)25)8-13(15(12)22)29(26,27)28;1-3-5-7-11(4-2)10-13-9-6-8-12;;/h2-8,22-23H,1H3,(H,26,27,28);11H,3-10,12H2,1-2H3;;1H2/q;;+3;/p-3. The summed E-state index contributed by atoms with van der Waals surface area (Å²) < 4.78 is 40.2. The van der Waals surface area contributed by atoms with Gasteiger partial charge >= 0.3 is 18.8 Å². The molecule has 3 aromatic rings. The van der Waals surface area contributed by atoms with Crippen LogP contribution in [0.4, 0.5) is 17.1 Å². The molecule has 0 aliphatic heterocycles. The molecule has 1 aromatic heterocycles. The fraction of sp³-hybridized carbons (Fsp3) is 0.444. The topological polar surface area (TPSA) is 254 Å². The Kier molecular flexibility index (Phi) is 18.2. The molecule has 1 atom stereocenters. The van der Waals surface area contributed by atoms with Crippen LogP contribution in [0.25, 0.3) is 5.69 Å². The number of nitrogens with two attached hydrogens (primary N) is 1. The summed E-state index contributed by atoms with van der Waals surface area (Å²) in [6.07, 6.45) is 6.17. The van der Waals surface area contributed by atoms with Gasteiger partial charge in [-0.1, -0.05) is 57.1 Å². The number of hydrogen-bond donors (Lipinski definition) is 1. The minimum atomic E-state index is -5.29. The van der Waals surface area contributed by atoms with Crippen molar-refractivity contribution in [1.29, 1.82) is 0 Å². The molecule has 44 heavy (non-hydrogen) atoms. The van der Waals surface area contributed by atoms with Crippen LogP contribution in [-0.4, -0.2) is 52.9 Å². The normalized spacial score (nSPS) is 11.7. The van der Waals surface area contributed by atoms with Crippen LogP contribution < -0.4 is 15.9 Å². The number of nitro benzene ring substituents is 1. The summed E-state index contributed by atoms with van der Waals surface area (Å²) in [5.41, 5.74) is 4.10. The van der Waals surface area contributed by atoms with Crippen LogP contribution in [-0.2, 0) is 32.2 Å². The summed E-state index contributed by atoms with van der Waals surface area (Å²) in [6.45, 7) is 8.43. The van der Waals surface area contributed by atoms with E-state index < -0.39 is 42.9 Å². The van der Waals surface area contributed by atoms with Gasteiger partial charge in [-0.05, 0) is 44.4 Å². The summed E-state index contributed by atoms with van der Waals surface area (Å²) in [5, 5.41) is 46.7. The zero-order valence-corrected chi connectivity index (χ0v) is 26.7. The first kappa shape index (κ1) is 40.6.